The number of esters is 1. The van der Waals surface area contributed by atoms with Crippen LogP contribution in [0.4, 0.5) is 11.6 Å². The molecule has 0 radical (unpaired) electrons. The molecule has 1 aliphatic carbocycles. The largest absolute Gasteiger partial charge is 0.492 e. The number of methoxy groups -OCH3 is 1. The predicted molar refractivity (Wildman–Crippen MR) is 137 cm³/mol. The number of carbonyl (C=O) groups is 1. The summed E-state index contributed by atoms with van der Waals surface area (Å²) in [6.07, 6.45) is 2.21. The second kappa shape index (κ2) is 11.0. The van der Waals surface area contributed by atoms with Crippen molar-refractivity contribution < 1.29 is 14.3 Å². The van der Waals surface area contributed by atoms with Gasteiger partial charge in [-0.1, -0.05) is 41.4 Å². The van der Waals surface area contributed by atoms with Gasteiger partial charge >= 0.3 is 17.3 Å². The zero-order valence-electron chi connectivity index (χ0n) is 20.5. The molecule has 0 saturated heterocycles. The average molecular weight is 513 g/mol. The number of hydrogen-bond acceptors (Lipinski definition) is 7. The molecule has 0 aliphatic heterocycles. The van der Waals surface area contributed by atoms with Gasteiger partial charge in [-0.3, -0.25) is 9.36 Å². The van der Waals surface area contributed by atoms with Gasteiger partial charge < -0.3 is 14.8 Å². The number of nitrogens with one attached hydrogen (secondary N) is 1. The first-order valence-electron chi connectivity index (χ1n) is 11.8. The maximum absolute atomic E-state index is 13.5. The topological polar surface area (TPSA) is 104 Å². The van der Waals surface area contributed by atoms with Crippen LogP contribution in [0.5, 0.6) is 5.75 Å². The lowest BCUT2D eigenvalue weighted by molar-refractivity contribution is -0.141. The molecule has 4 rings (SSSR count). The Morgan fingerprint density at radius 1 is 1.19 bits per heavy atom. The highest BCUT2D eigenvalue weighted by atomic mass is 35.5. The molecule has 1 aliphatic rings. The van der Waals surface area contributed by atoms with Crippen LogP contribution in [0.25, 0.3) is 0 Å². The zero-order valence-corrected chi connectivity index (χ0v) is 21.2. The normalized spacial score (nSPS) is 13.8. The number of halogens is 1. The SMILES string of the molecule is COC(=O)C[C@H](C)n1c(=O)nc(Nc2ccc(OCC3CC3)c(Cl)c2)n(Cc2ccc(C)cc2)c1=O. The molecule has 2 aromatic carbocycles. The van der Waals surface area contributed by atoms with Gasteiger partial charge in [0.1, 0.15) is 5.75 Å². The smallest absolute Gasteiger partial charge is 0.355 e. The van der Waals surface area contributed by atoms with E-state index in [1.165, 1.54) is 24.5 Å². The number of aromatic nitrogens is 3. The van der Waals surface area contributed by atoms with Crippen LogP contribution in [0.1, 0.15) is 43.4 Å². The number of benzene rings is 2. The number of aryl methyl sites for hydroxylation is 1. The molecule has 0 unspecified atom stereocenters. The molecule has 36 heavy (non-hydrogen) atoms. The van der Waals surface area contributed by atoms with E-state index in [0.717, 1.165) is 15.7 Å². The molecule has 9 nitrogen and oxygen atoms in total. The third-order valence-corrected chi connectivity index (χ3v) is 6.35. The number of ether oxygens (including phenoxy) is 2. The van der Waals surface area contributed by atoms with Gasteiger partial charge in [0.25, 0.3) is 0 Å². The average Bonchev–Trinajstić information content (AvgIpc) is 3.66. The van der Waals surface area contributed by atoms with E-state index in [4.69, 9.17) is 21.1 Å². The van der Waals surface area contributed by atoms with Crippen molar-refractivity contribution in [3.05, 3.63) is 79.6 Å². The Hall–Kier alpha value is -3.59. The number of rotatable bonds is 10. The van der Waals surface area contributed by atoms with Gasteiger partial charge in [0, 0.05) is 5.69 Å². The maximum atomic E-state index is 13.5. The minimum absolute atomic E-state index is 0.0646. The van der Waals surface area contributed by atoms with Crippen molar-refractivity contribution in [1.82, 2.24) is 14.1 Å². The molecular weight excluding hydrogens is 484 g/mol. The van der Waals surface area contributed by atoms with E-state index in [9.17, 15) is 14.4 Å². The second-order valence-corrected chi connectivity index (χ2v) is 9.50. The molecule has 1 aromatic heterocycles. The van der Waals surface area contributed by atoms with Crippen molar-refractivity contribution in [3.63, 3.8) is 0 Å². The summed E-state index contributed by atoms with van der Waals surface area (Å²) in [6.45, 7) is 4.37. The fourth-order valence-corrected chi connectivity index (χ4v) is 3.97. The first-order chi connectivity index (χ1) is 17.2. The minimum atomic E-state index is -0.769. The summed E-state index contributed by atoms with van der Waals surface area (Å²) in [5.74, 6) is 0.702. The molecule has 10 heteroatoms. The minimum Gasteiger partial charge on any atom is -0.492 e. The van der Waals surface area contributed by atoms with E-state index in [2.05, 4.69) is 10.3 Å². The van der Waals surface area contributed by atoms with Crippen molar-refractivity contribution in [2.24, 2.45) is 5.92 Å². The summed E-state index contributed by atoms with van der Waals surface area (Å²) in [4.78, 5) is 42.3. The van der Waals surface area contributed by atoms with E-state index in [1.54, 1.807) is 25.1 Å². The lowest BCUT2D eigenvalue weighted by atomic mass is 10.1. The van der Waals surface area contributed by atoms with Crippen LogP contribution in [0, 0.1) is 12.8 Å². The molecule has 3 aromatic rings. The quantitative estimate of drug-likeness (QED) is 0.408. The van der Waals surface area contributed by atoms with E-state index < -0.39 is 23.4 Å². The molecule has 1 atom stereocenters. The Morgan fingerprint density at radius 2 is 1.92 bits per heavy atom. The first kappa shape index (κ1) is 25.5. The summed E-state index contributed by atoms with van der Waals surface area (Å²) in [5, 5.41) is 3.47. The Kier molecular flexibility index (Phi) is 7.79. The van der Waals surface area contributed by atoms with Crippen LogP contribution in [0.3, 0.4) is 0 Å². The Labute approximate surface area is 213 Å². The predicted octanol–water partition coefficient (Wildman–Crippen LogP) is 4.07. The van der Waals surface area contributed by atoms with Crippen LogP contribution in [-0.2, 0) is 16.1 Å². The van der Waals surface area contributed by atoms with Gasteiger partial charge in [0.15, 0.2) is 0 Å². The Bertz CT molecular complexity index is 1360. The van der Waals surface area contributed by atoms with Crippen LogP contribution in [-0.4, -0.2) is 33.8 Å². The fourth-order valence-electron chi connectivity index (χ4n) is 3.73. The molecule has 0 spiro atoms. The zero-order chi connectivity index (χ0) is 25.8. The van der Waals surface area contributed by atoms with Crippen molar-refractivity contribution in [2.45, 2.75) is 45.7 Å². The standard InChI is InChI=1S/C26H29ClN4O5/c1-16-4-6-18(7-5-16)14-30-24(29-25(33)31(26(30)34)17(2)12-23(32)35-3)28-20-10-11-22(21(27)13-20)36-15-19-8-9-19/h4-7,10-11,13,17,19H,8-9,12,14-15H2,1-3H3,(H,28,29,33)/t17-/m0/s1. The fraction of sp³-hybridized carbons (Fsp3) is 0.385. The van der Waals surface area contributed by atoms with Crippen LogP contribution >= 0.6 is 11.6 Å². The molecule has 0 bridgehead atoms. The van der Waals surface area contributed by atoms with Gasteiger partial charge in [0.05, 0.1) is 37.7 Å². The van der Waals surface area contributed by atoms with Crippen LogP contribution < -0.4 is 21.4 Å². The number of nitrogens with zero attached hydrogens (tertiary/aromatic N) is 3. The van der Waals surface area contributed by atoms with Crippen molar-refractivity contribution in [1.29, 1.82) is 0 Å². The summed E-state index contributed by atoms with van der Waals surface area (Å²) in [6, 6.07) is 12.1. The highest BCUT2D eigenvalue weighted by molar-refractivity contribution is 6.32. The van der Waals surface area contributed by atoms with Gasteiger partial charge in [-0.25, -0.2) is 14.2 Å². The highest BCUT2D eigenvalue weighted by Gasteiger charge is 2.23. The van der Waals surface area contributed by atoms with E-state index in [0.29, 0.717) is 29.0 Å². The van der Waals surface area contributed by atoms with Crippen molar-refractivity contribution >= 4 is 29.2 Å². The van der Waals surface area contributed by atoms with E-state index in [-0.39, 0.29) is 18.9 Å². The van der Waals surface area contributed by atoms with Gasteiger partial charge in [-0.15, -0.1) is 0 Å². The number of hydrogen-bond donors (Lipinski definition) is 1. The highest BCUT2D eigenvalue weighted by Crippen LogP contribution is 2.33. The lowest BCUT2D eigenvalue weighted by Gasteiger charge is -2.19. The number of anilines is 2. The van der Waals surface area contributed by atoms with Crippen LogP contribution in [0.15, 0.2) is 52.1 Å². The van der Waals surface area contributed by atoms with Gasteiger partial charge in [-0.2, -0.15) is 4.98 Å². The van der Waals surface area contributed by atoms with Gasteiger partial charge in [0.2, 0.25) is 5.95 Å². The lowest BCUT2D eigenvalue weighted by Crippen LogP contribution is -2.44. The molecule has 190 valence electrons. The van der Waals surface area contributed by atoms with Crippen LogP contribution in [0.2, 0.25) is 5.02 Å². The van der Waals surface area contributed by atoms with Crippen molar-refractivity contribution in [3.8, 4) is 5.75 Å². The first-order valence-corrected chi connectivity index (χ1v) is 12.2. The second-order valence-electron chi connectivity index (χ2n) is 9.10. The molecule has 1 fully saturated rings. The van der Waals surface area contributed by atoms with Gasteiger partial charge in [-0.05, 0) is 56.4 Å². The van der Waals surface area contributed by atoms with E-state index in [1.807, 2.05) is 31.2 Å². The Morgan fingerprint density at radius 3 is 2.56 bits per heavy atom. The molecule has 1 saturated carbocycles. The van der Waals surface area contributed by atoms with Crippen molar-refractivity contribution in [2.75, 3.05) is 19.0 Å². The molecule has 1 N–H and O–H groups in total. The third kappa shape index (κ3) is 6.15. The monoisotopic (exact) mass is 512 g/mol. The Balaban J connectivity index is 1.69. The maximum Gasteiger partial charge on any atom is 0.355 e. The third-order valence-electron chi connectivity index (χ3n) is 6.05. The summed E-state index contributed by atoms with van der Waals surface area (Å²) in [7, 11) is 1.26. The molecule has 1 heterocycles. The molecule has 0 amide bonds. The molecular formula is C26H29ClN4O5. The van der Waals surface area contributed by atoms with E-state index >= 15 is 0 Å². The summed E-state index contributed by atoms with van der Waals surface area (Å²) >= 11 is 6.41. The summed E-state index contributed by atoms with van der Waals surface area (Å²) in [5.41, 5.74) is 1.11. The summed E-state index contributed by atoms with van der Waals surface area (Å²) < 4.78 is 12.8. The number of carbonyl (C=O) groups excluding carboxylic acids is 1.